The van der Waals surface area contributed by atoms with Crippen molar-refractivity contribution in [1.82, 2.24) is 4.90 Å². The van der Waals surface area contributed by atoms with Gasteiger partial charge in [-0.25, -0.2) is 0 Å². The van der Waals surface area contributed by atoms with Gasteiger partial charge in [0, 0.05) is 12.5 Å². The fraction of sp³-hybridized carbons (Fsp3) is 0.474. The molecule has 26 heavy (non-hydrogen) atoms. The van der Waals surface area contributed by atoms with Gasteiger partial charge in [-0.3, -0.25) is 24.1 Å². The molecule has 0 saturated carbocycles. The Balaban J connectivity index is 2.33. The summed E-state index contributed by atoms with van der Waals surface area (Å²) in [4.78, 5) is 50.7. The highest BCUT2D eigenvalue weighted by molar-refractivity contribution is 6.21. The second-order valence-electron chi connectivity index (χ2n) is 6.68. The highest BCUT2D eigenvalue weighted by Gasteiger charge is 2.42. The lowest BCUT2D eigenvalue weighted by Crippen LogP contribution is -2.43. The molecule has 1 unspecified atom stereocenters. The van der Waals surface area contributed by atoms with Gasteiger partial charge in [-0.2, -0.15) is 0 Å². The van der Waals surface area contributed by atoms with Crippen molar-refractivity contribution >= 4 is 23.8 Å². The quantitative estimate of drug-likeness (QED) is 0.419. The topological polar surface area (TPSA) is 90.0 Å². The summed E-state index contributed by atoms with van der Waals surface area (Å²) in [5.74, 6) is -3.99. The molecule has 7 nitrogen and oxygen atoms in total. The van der Waals surface area contributed by atoms with Crippen LogP contribution in [0.3, 0.4) is 0 Å². The highest BCUT2D eigenvalue weighted by Crippen LogP contribution is 2.29. The van der Waals surface area contributed by atoms with Gasteiger partial charge in [0.1, 0.15) is 0 Å². The molecule has 0 spiro atoms. The molecule has 0 aliphatic carbocycles. The molecule has 0 fully saturated rings. The SMILES string of the molecule is COC(=O)C(C(=O)OC)C(CC(C)C)CN1C(=O)c2ccccc2C1=O. The standard InChI is InChI=1S/C19H23NO6/c1-11(2)9-12(15(18(23)25-3)19(24)26-4)10-20-16(21)13-7-5-6-8-14(13)17(20)22/h5-8,11-12,15H,9-10H2,1-4H3. The number of rotatable bonds is 7. The smallest absolute Gasteiger partial charge is 0.320 e. The lowest BCUT2D eigenvalue weighted by Gasteiger charge is -2.28. The van der Waals surface area contributed by atoms with E-state index in [0.29, 0.717) is 17.5 Å². The minimum absolute atomic E-state index is 0.0562. The van der Waals surface area contributed by atoms with E-state index < -0.39 is 35.6 Å². The fourth-order valence-electron chi connectivity index (χ4n) is 3.30. The summed E-state index contributed by atoms with van der Waals surface area (Å²) in [6, 6.07) is 6.55. The van der Waals surface area contributed by atoms with Crippen LogP contribution in [0, 0.1) is 17.8 Å². The van der Waals surface area contributed by atoms with E-state index in [0.717, 1.165) is 4.90 Å². The zero-order chi connectivity index (χ0) is 19.4. The number of hydrogen-bond donors (Lipinski definition) is 0. The van der Waals surface area contributed by atoms with E-state index in [4.69, 9.17) is 9.47 Å². The number of ether oxygens (including phenoxy) is 2. The first kappa shape index (κ1) is 19.6. The molecule has 2 rings (SSSR count). The summed E-state index contributed by atoms with van der Waals surface area (Å²) in [7, 11) is 2.37. The second-order valence-corrected chi connectivity index (χ2v) is 6.68. The van der Waals surface area contributed by atoms with Gasteiger partial charge in [0.15, 0.2) is 5.92 Å². The molecule has 1 aromatic carbocycles. The molecule has 0 N–H and O–H groups in total. The third-order valence-corrected chi connectivity index (χ3v) is 4.45. The minimum atomic E-state index is -1.20. The van der Waals surface area contributed by atoms with Crippen LogP contribution >= 0.6 is 0 Å². The summed E-state index contributed by atoms with van der Waals surface area (Å²) < 4.78 is 9.50. The Morgan fingerprint density at radius 3 is 1.81 bits per heavy atom. The van der Waals surface area contributed by atoms with Crippen LogP contribution in [0.4, 0.5) is 0 Å². The van der Waals surface area contributed by atoms with Crippen molar-refractivity contribution in [2.24, 2.45) is 17.8 Å². The minimum Gasteiger partial charge on any atom is -0.468 e. The Morgan fingerprint density at radius 1 is 0.962 bits per heavy atom. The molecule has 140 valence electrons. The Kier molecular flexibility index (Phi) is 6.13. The maximum Gasteiger partial charge on any atom is 0.320 e. The zero-order valence-corrected chi connectivity index (χ0v) is 15.4. The van der Waals surface area contributed by atoms with Gasteiger partial charge in [-0.1, -0.05) is 26.0 Å². The van der Waals surface area contributed by atoms with E-state index in [-0.39, 0.29) is 12.5 Å². The van der Waals surface area contributed by atoms with Gasteiger partial charge >= 0.3 is 11.9 Å². The molecular formula is C19H23NO6. The van der Waals surface area contributed by atoms with E-state index >= 15 is 0 Å². The van der Waals surface area contributed by atoms with Crippen LogP contribution < -0.4 is 0 Å². The van der Waals surface area contributed by atoms with Gasteiger partial charge in [-0.15, -0.1) is 0 Å². The Labute approximate surface area is 152 Å². The number of carbonyl (C=O) groups is 4. The van der Waals surface area contributed by atoms with Crippen molar-refractivity contribution in [3.8, 4) is 0 Å². The number of benzene rings is 1. The van der Waals surface area contributed by atoms with E-state index in [2.05, 4.69) is 0 Å². The first-order valence-corrected chi connectivity index (χ1v) is 8.42. The maximum absolute atomic E-state index is 12.6. The number of amides is 2. The van der Waals surface area contributed by atoms with Crippen LogP contribution in [-0.2, 0) is 19.1 Å². The first-order valence-electron chi connectivity index (χ1n) is 8.42. The summed E-state index contributed by atoms with van der Waals surface area (Å²) in [6.07, 6.45) is 0.447. The van der Waals surface area contributed by atoms with E-state index in [1.807, 2.05) is 13.8 Å². The molecule has 0 radical (unpaired) electrons. The lowest BCUT2D eigenvalue weighted by atomic mass is 9.84. The summed E-state index contributed by atoms with van der Waals surface area (Å²) in [5.41, 5.74) is 0.655. The molecule has 0 saturated heterocycles. The predicted octanol–water partition coefficient (Wildman–Crippen LogP) is 1.91. The average molecular weight is 361 g/mol. The van der Waals surface area contributed by atoms with Crippen LogP contribution in [0.5, 0.6) is 0 Å². The van der Waals surface area contributed by atoms with Gasteiger partial charge in [0.05, 0.1) is 25.3 Å². The summed E-state index contributed by atoms with van der Waals surface area (Å²) in [5, 5.41) is 0. The van der Waals surface area contributed by atoms with Crippen molar-refractivity contribution < 1.29 is 28.7 Å². The number of fused-ring (bicyclic) bond motifs is 1. The van der Waals surface area contributed by atoms with Crippen LogP contribution in [-0.4, -0.2) is 49.4 Å². The van der Waals surface area contributed by atoms with Crippen LogP contribution in [0.1, 0.15) is 41.0 Å². The normalized spacial score (nSPS) is 14.6. The molecule has 2 amide bonds. The third-order valence-electron chi connectivity index (χ3n) is 4.45. The molecule has 1 aliphatic heterocycles. The molecule has 1 aliphatic rings. The number of hydrogen-bond acceptors (Lipinski definition) is 6. The van der Waals surface area contributed by atoms with Crippen molar-refractivity contribution in [3.63, 3.8) is 0 Å². The van der Waals surface area contributed by atoms with E-state index in [9.17, 15) is 19.2 Å². The molecule has 1 aromatic rings. The maximum atomic E-state index is 12.6. The van der Waals surface area contributed by atoms with Crippen LogP contribution in [0.2, 0.25) is 0 Å². The van der Waals surface area contributed by atoms with Gasteiger partial charge in [0.25, 0.3) is 11.8 Å². The van der Waals surface area contributed by atoms with Gasteiger partial charge in [-0.05, 0) is 24.5 Å². The zero-order valence-electron chi connectivity index (χ0n) is 15.4. The molecule has 1 heterocycles. The largest absolute Gasteiger partial charge is 0.468 e. The molecule has 1 atom stereocenters. The Morgan fingerprint density at radius 2 is 1.42 bits per heavy atom. The number of nitrogens with zero attached hydrogens (tertiary/aromatic N) is 1. The second kappa shape index (κ2) is 8.12. The number of carbonyl (C=O) groups excluding carboxylic acids is 4. The molecular weight excluding hydrogens is 338 g/mol. The highest BCUT2D eigenvalue weighted by atomic mass is 16.5. The van der Waals surface area contributed by atoms with E-state index in [1.165, 1.54) is 14.2 Å². The van der Waals surface area contributed by atoms with E-state index in [1.54, 1.807) is 24.3 Å². The summed E-state index contributed by atoms with van der Waals surface area (Å²) >= 11 is 0. The number of esters is 2. The van der Waals surface area contributed by atoms with Crippen molar-refractivity contribution in [3.05, 3.63) is 35.4 Å². The molecule has 0 bridgehead atoms. The number of methoxy groups -OCH3 is 2. The summed E-state index contributed by atoms with van der Waals surface area (Å²) in [6.45, 7) is 3.81. The van der Waals surface area contributed by atoms with Crippen LogP contribution in [0.25, 0.3) is 0 Å². The monoisotopic (exact) mass is 361 g/mol. The van der Waals surface area contributed by atoms with Gasteiger partial charge < -0.3 is 9.47 Å². The third kappa shape index (κ3) is 3.76. The first-order chi connectivity index (χ1) is 12.3. The number of imide groups is 1. The van der Waals surface area contributed by atoms with Crippen LogP contribution in [0.15, 0.2) is 24.3 Å². The van der Waals surface area contributed by atoms with Crippen molar-refractivity contribution in [2.75, 3.05) is 20.8 Å². The predicted molar refractivity (Wildman–Crippen MR) is 92.3 cm³/mol. The molecule has 7 heteroatoms. The fourth-order valence-corrected chi connectivity index (χ4v) is 3.30. The Bertz CT molecular complexity index is 675. The lowest BCUT2D eigenvalue weighted by molar-refractivity contribution is -0.162. The van der Waals surface area contributed by atoms with Crippen molar-refractivity contribution in [1.29, 1.82) is 0 Å². The van der Waals surface area contributed by atoms with Gasteiger partial charge in [0.2, 0.25) is 0 Å². The van der Waals surface area contributed by atoms with Crippen molar-refractivity contribution in [2.45, 2.75) is 20.3 Å². The average Bonchev–Trinajstić information content (AvgIpc) is 2.86. The Hall–Kier alpha value is -2.70. The molecule has 0 aromatic heterocycles.